The lowest BCUT2D eigenvalue weighted by Gasteiger charge is -2.13. The number of benzene rings is 1. The van der Waals surface area contributed by atoms with Crippen molar-refractivity contribution in [1.29, 1.82) is 0 Å². The maximum absolute atomic E-state index is 12.6. The summed E-state index contributed by atoms with van der Waals surface area (Å²) < 4.78 is 5.53. The van der Waals surface area contributed by atoms with Gasteiger partial charge in [-0.15, -0.1) is 0 Å². The molecule has 1 saturated heterocycles. The number of allylic oxidation sites excluding steroid dienone is 2. The third-order valence-corrected chi connectivity index (χ3v) is 5.27. The molecule has 0 aromatic heterocycles. The monoisotopic (exact) mass is 344 g/mol. The number of nitrogens with zero attached hydrogens (tertiary/aromatic N) is 2. The first-order valence-corrected chi connectivity index (χ1v) is 8.50. The zero-order chi connectivity index (χ0) is 16.8. The zero-order valence-electron chi connectivity index (χ0n) is 13.2. The predicted molar refractivity (Wildman–Crippen MR) is 89.8 cm³/mol. The van der Waals surface area contributed by atoms with Crippen LogP contribution in [0.2, 0.25) is 5.02 Å². The van der Waals surface area contributed by atoms with Gasteiger partial charge in [-0.25, -0.2) is 0 Å². The van der Waals surface area contributed by atoms with Gasteiger partial charge in [0.2, 0.25) is 0 Å². The number of amides is 2. The van der Waals surface area contributed by atoms with Gasteiger partial charge < -0.3 is 4.74 Å². The molecule has 0 unspecified atom stereocenters. The molecule has 0 spiro atoms. The summed E-state index contributed by atoms with van der Waals surface area (Å²) in [6, 6.07) is 5.18. The van der Waals surface area contributed by atoms with E-state index in [4.69, 9.17) is 16.3 Å². The summed E-state index contributed by atoms with van der Waals surface area (Å²) in [5.41, 5.74) is 0.642. The van der Waals surface area contributed by atoms with E-state index in [-0.39, 0.29) is 35.5 Å². The highest BCUT2D eigenvalue weighted by Crippen LogP contribution is 2.52. The number of halogens is 1. The first kappa shape index (κ1) is 15.4. The normalized spacial score (nSPS) is 30.7. The van der Waals surface area contributed by atoms with Crippen molar-refractivity contribution in [3.8, 4) is 5.75 Å². The fraction of sp³-hybridized carbons (Fsp3) is 0.389. The molecule has 2 aliphatic carbocycles. The topological polar surface area (TPSA) is 59.0 Å². The van der Waals surface area contributed by atoms with Crippen LogP contribution in [0.15, 0.2) is 35.5 Å². The Bertz CT molecular complexity index is 744. The molecule has 1 aliphatic heterocycles. The van der Waals surface area contributed by atoms with E-state index in [1.54, 1.807) is 18.2 Å². The van der Waals surface area contributed by atoms with Crippen molar-refractivity contribution in [1.82, 2.24) is 5.01 Å². The molecule has 2 amide bonds. The first-order chi connectivity index (χ1) is 11.6. The SMILES string of the molecule is CCOc1ccc(Cl)cc1/C=N\N1C(=O)[C@@H]2[C@H](C1=O)[C@H]1C=C[C@H]2C1. The number of ether oxygens (including phenoxy) is 1. The summed E-state index contributed by atoms with van der Waals surface area (Å²) in [6.45, 7) is 2.39. The van der Waals surface area contributed by atoms with E-state index >= 15 is 0 Å². The van der Waals surface area contributed by atoms with Gasteiger partial charge in [-0.1, -0.05) is 23.8 Å². The maximum Gasteiger partial charge on any atom is 0.254 e. The summed E-state index contributed by atoms with van der Waals surface area (Å²) in [5.74, 6) is 0.109. The molecule has 4 atom stereocenters. The molecule has 1 aromatic carbocycles. The van der Waals surface area contributed by atoms with Crippen LogP contribution in [0.3, 0.4) is 0 Å². The number of carbonyl (C=O) groups is 2. The van der Waals surface area contributed by atoms with E-state index in [2.05, 4.69) is 17.3 Å². The Kier molecular flexibility index (Phi) is 3.68. The minimum absolute atomic E-state index is 0.182. The molecule has 6 heteroatoms. The third-order valence-electron chi connectivity index (χ3n) is 5.03. The molecule has 1 aromatic rings. The Morgan fingerprint density at radius 1 is 1.25 bits per heavy atom. The van der Waals surface area contributed by atoms with Gasteiger partial charge in [-0.05, 0) is 43.4 Å². The number of rotatable bonds is 4. The van der Waals surface area contributed by atoms with E-state index in [0.717, 1.165) is 11.4 Å². The summed E-state index contributed by atoms with van der Waals surface area (Å²) in [6.07, 6.45) is 6.51. The largest absolute Gasteiger partial charge is 0.493 e. The molecular weight excluding hydrogens is 328 g/mol. The third kappa shape index (κ3) is 2.26. The van der Waals surface area contributed by atoms with Crippen LogP contribution >= 0.6 is 11.6 Å². The molecule has 0 N–H and O–H groups in total. The highest BCUT2D eigenvalue weighted by atomic mass is 35.5. The second-order valence-electron chi connectivity index (χ2n) is 6.35. The fourth-order valence-corrected chi connectivity index (χ4v) is 4.21. The van der Waals surface area contributed by atoms with Crippen molar-refractivity contribution in [2.45, 2.75) is 13.3 Å². The lowest BCUT2D eigenvalue weighted by atomic mass is 9.85. The lowest BCUT2D eigenvalue weighted by Crippen LogP contribution is -2.28. The fourth-order valence-electron chi connectivity index (χ4n) is 4.03. The molecule has 1 heterocycles. The standard InChI is InChI=1S/C18H17ClN2O3/c1-2-24-14-6-5-13(19)8-12(14)9-20-21-17(22)15-10-3-4-11(7-10)16(15)18(21)23/h3-6,8-11,15-16H,2,7H2,1H3/b20-9-/t10-,11-,15-,16+/m0/s1. The quantitative estimate of drug-likeness (QED) is 0.479. The highest BCUT2D eigenvalue weighted by molar-refractivity contribution is 6.30. The van der Waals surface area contributed by atoms with Crippen LogP contribution in [0, 0.1) is 23.7 Å². The van der Waals surface area contributed by atoms with Crippen LogP contribution in [0.4, 0.5) is 0 Å². The van der Waals surface area contributed by atoms with E-state index < -0.39 is 0 Å². The van der Waals surface area contributed by atoms with E-state index in [1.165, 1.54) is 6.21 Å². The van der Waals surface area contributed by atoms with E-state index in [9.17, 15) is 9.59 Å². The molecule has 2 fully saturated rings. The Hall–Kier alpha value is -2.14. The van der Waals surface area contributed by atoms with Crippen LogP contribution in [-0.4, -0.2) is 29.6 Å². The van der Waals surface area contributed by atoms with Gasteiger partial charge in [0.15, 0.2) is 0 Å². The van der Waals surface area contributed by atoms with Gasteiger partial charge in [-0.3, -0.25) is 9.59 Å². The number of fused-ring (bicyclic) bond motifs is 5. The summed E-state index contributed by atoms with van der Waals surface area (Å²) in [4.78, 5) is 25.2. The van der Waals surface area contributed by atoms with Gasteiger partial charge in [-0.2, -0.15) is 10.1 Å². The number of carbonyl (C=O) groups excluding carboxylic acids is 2. The van der Waals surface area contributed by atoms with Crippen LogP contribution < -0.4 is 4.74 Å². The lowest BCUT2D eigenvalue weighted by molar-refractivity contribution is -0.140. The van der Waals surface area contributed by atoms with E-state index in [0.29, 0.717) is 22.9 Å². The second-order valence-corrected chi connectivity index (χ2v) is 6.78. The average Bonchev–Trinajstić information content (AvgIpc) is 3.23. The van der Waals surface area contributed by atoms with Crippen molar-refractivity contribution < 1.29 is 14.3 Å². The van der Waals surface area contributed by atoms with E-state index in [1.807, 2.05) is 6.92 Å². The average molecular weight is 345 g/mol. The Labute approximate surface area is 144 Å². The molecule has 2 bridgehead atoms. The van der Waals surface area contributed by atoms with Crippen LogP contribution in [-0.2, 0) is 9.59 Å². The summed E-state index contributed by atoms with van der Waals surface area (Å²) in [7, 11) is 0. The van der Waals surface area contributed by atoms with Crippen molar-refractivity contribution in [2.75, 3.05) is 6.61 Å². The molecule has 4 rings (SSSR count). The Balaban J connectivity index is 1.60. The zero-order valence-corrected chi connectivity index (χ0v) is 13.9. The second kappa shape index (κ2) is 5.74. The molecule has 1 saturated carbocycles. The summed E-state index contributed by atoms with van der Waals surface area (Å²) in [5, 5.41) is 5.73. The molecule has 124 valence electrons. The number of hydrazone groups is 1. The van der Waals surface area contributed by atoms with Crippen LogP contribution in [0.5, 0.6) is 5.75 Å². The Morgan fingerprint density at radius 2 is 1.92 bits per heavy atom. The Morgan fingerprint density at radius 3 is 2.54 bits per heavy atom. The maximum atomic E-state index is 12.6. The number of hydrogen-bond acceptors (Lipinski definition) is 4. The minimum Gasteiger partial charge on any atom is -0.493 e. The molecular formula is C18H17ClN2O3. The smallest absolute Gasteiger partial charge is 0.254 e. The van der Waals surface area contributed by atoms with Crippen molar-refractivity contribution in [3.05, 3.63) is 40.9 Å². The van der Waals surface area contributed by atoms with Crippen molar-refractivity contribution in [3.63, 3.8) is 0 Å². The predicted octanol–water partition coefficient (Wildman–Crippen LogP) is 2.88. The van der Waals surface area contributed by atoms with Gasteiger partial charge in [0, 0.05) is 10.6 Å². The van der Waals surface area contributed by atoms with Crippen molar-refractivity contribution >= 4 is 29.6 Å². The van der Waals surface area contributed by atoms with Gasteiger partial charge in [0.25, 0.3) is 11.8 Å². The molecule has 0 radical (unpaired) electrons. The van der Waals surface area contributed by atoms with Gasteiger partial charge >= 0.3 is 0 Å². The number of imide groups is 1. The van der Waals surface area contributed by atoms with Gasteiger partial charge in [0.05, 0.1) is 24.7 Å². The molecule has 24 heavy (non-hydrogen) atoms. The minimum atomic E-state index is -0.240. The number of hydrogen-bond donors (Lipinski definition) is 0. The molecule has 3 aliphatic rings. The summed E-state index contributed by atoms with van der Waals surface area (Å²) >= 11 is 6.02. The molecule has 5 nitrogen and oxygen atoms in total. The van der Waals surface area contributed by atoms with Crippen LogP contribution in [0.25, 0.3) is 0 Å². The first-order valence-electron chi connectivity index (χ1n) is 8.12. The van der Waals surface area contributed by atoms with Gasteiger partial charge in [0.1, 0.15) is 5.75 Å². The highest BCUT2D eigenvalue weighted by Gasteiger charge is 2.59. The van der Waals surface area contributed by atoms with Crippen molar-refractivity contribution in [2.24, 2.45) is 28.8 Å². The van der Waals surface area contributed by atoms with Crippen LogP contribution in [0.1, 0.15) is 18.9 Å².